The molecule has 1 amide bonds. The van der Waals surface area contributed by atoms with Crippen molar-refractivity contribution in [3.8, 4) is 0 Å². The molecule has 26 heavy (non-hydrogen) atoms. The number of carbonyl (C=O) groups is 1. The molecule has 3 heterocycles. The van der Waals surface area contributed by atoms with E-state index >= 15 is 0 Å². The molecule has 0 aliphatic carbocycles. The van der Waals surface area contributed by atoms with E-state index in [0.29, 0.717) is 22.2 Å². The lowest BCUT2D eigenvalue weighted by Gasteiger charge is -2.16. The molecule has 0 spiro atoms. The third-order valence-corrected chi connectivity index (χ3v) is 6.31. The van der Waals surface area contributed by atoms with Gasteiger partial charge in [-0.25, -0.2) is 4.98 Å². The van der Waals surface area contributed by atoms with Crippen molar-refractivity contribution in [2.45, 2.75) is 25.5 Å². The van der Waals surface area contributed by atoms with Crippen LogP contribution < -0.4 is 10.5 Å². The van der Waals surface area contributed by atoms with Crippen molar-refractivity contribution in [1.82, 2.24) is 14.6 Å². The molecule has 0 fully saturated rings. The van der Waals surface area contributed by atoms with Gasteiger partial charge in [0.15, 0.2) is 0 Å². The van der Waals surface area contributed by atoms with E-state index in [-0.39, 0.29) is 11.5 Å². The number of nitrogens with zero attached hydrogens (tertiary/aromatic N) is 4. The highest BCUT2D eigenvalue weighted by Gasteiger charge is 2.23. The van der Waals surface area contributed by atoms with Crippen LogP contribution in [-0.4, -0.2) is 32.8 Å². The van der Waals surface area contributed by atoms with Crippen LogP contribution in [0.4, 0.5) is 5.69 Å². The number of thioether (sulfide) groups is 1. The molecule has 4 rings (SSSR count). The van der Waals surface area contributed by atoms with Gasteiger partial charge in [-0.2, -0.15) is 9.61 Å². The van der Waals surface area contributed by atoms with Crippen LogP contribution in [-0.2, 0) is 23.4 Å². The van der Waals surface area contributed by atoms with Crippen LogP contribution in [0.2, 0.25) is 0 Å². The molecule has 1 aromatic carbocycles. The van der Waals surface area contributed by atoms with Crippen LogP contribution >= 0.6 is 23.1 Å². The highest BCUT2D eigenvalue weighted by molar-refractivity contribution is 7.99. The van der Waals surface area contributed by atoms with Gasteiger partial charge in [-0.3, -0.25) is 9.59 Å². The third kappa shape index (κ3) is 3.26. The number of amides is 1. The molecule has 0 N–H and O–H groups in total. The SMILES string of the molecule is CCc1nn2c(=O)cc(CSCC(=O)N3CCc4ccccc43)nc2s1. The monoisotopic (exact) mass is 386 g/mol. The van der Waals surface area contributed by atoms with E-state index in [0.717, 1.165) is 30.1 Å². The topological polar surface area (TPSA) is 67.6 Å². The fourth-order valence-corrected chi connectivity index (χ4v) is 4.68. The molecule has 8 heteroatoms. The zero-order valence-electron chi connectivity index (χ0n) is 14.3. The Morgan fingerprint density at radius 1 is 1.35 bits per heavy atom. The van der Waals surface area contributed by atoms with E-state index in [2.05, 4.69) is 16.1 Å². The quantitative estimate of drug-likeness (QED) is 0.674. The number of carbonyl (C=O) groups excluding carboxylic acids is 1. The summed E-state index contributed by atoms with van der Waals surface area (Å²) in [7, 11) is 0. The lowest BCUT2D eigenvalue weighted by atomic mass is 10.2. The van der Waals surface area contributed by atoms with Gasteiger partial charge in [0.2, 0.25) is 10.9 Å². The van der Waals surface area contributed by atoms with E-state index in [1.165, 1.54) is 39.2 Å². The first-order valence-electron chi connectivity index (χ1n) is 8.50. The number of para-hydroxylation sites is 1. The number of fused-ring (bicyclic) bond motifs is 2. The number of anilines is 1. The Morgan fingerprint density at radius 3 is 3.04 bits per heavy atom. The molecule has 3 aromatic rings. The standard InChI is InChI=1S/C18H18N4O2S2/c1-2-15-20-22-16(23)9-13(19-18(22)26-15)10-25-11-17(24)21-8-7-12-5-3-4-6-14(12)21/h3-6,9H,2,7-8,10-11H2,1H3. The van der Waals surface area contributed by atoms with Crippen LogP contribution in [0, 0.1) is 0 Å². The molecule has 0 saturated carbocycles. The molecule has 0 bridgehead atoms. The van der Waals surface area contributed by atoms with Gasteiger partial charge in [0.1, 0.15) is 5.01 Å². The lowest BCUT2D eigenvalue weighted by molar-refractivity contribution is -0.116. The van der Waals surface area contributed by atoms with Gasteiger partial charge in [-0.1, -0.05) is 36.5 Å². The number of aromatic nitrogens is 3. The normalized spacial score (nSPS) is 13.3. The van der Waals surface area contributed by atoms with Crippen LogP contribution in [0.15, 0.2) is 35.1 Å². The Labute approximate surface area is 158 Å². The van der Waals surface area contributed by atoms with Gasteiger partial charge in [-0.05, 0) is 24.5 Å². The maximum Gasteiger partial charge on any atom is 0.275 e. The molecule has 1 aliphatic heterocycles. The lowest BCUT2D eigenvalue weighted by Crippen LogP contribution is -2.30. The summed E-state index contributed by atoms with van der Waals surface area (Å²) in [5.74, 6) is 1.01. The molecule has 1 aliphatic rings. The van der Waals surface area contributed by atoms with Crippen molar-refractivity contribution < 1.29 is 4.79 Å². The van der Waals surface area contributed by atoms with E-state index in [1.54, 1.807) is 0 Å². The van der Waals surface area contributed by atoms with Gasteiger partial charge in [0.05, 0.1) is 11.4 Å². The second-order valence-electron chi connectivity index (χ2n) is 6.05. The third-order valence-electron chi connectivity index (χ3n) is 4.31. The van der Waals surface area contributed by atoms with E-state index < -0.39 is 0 Å². The van der Waals surface area contributed by atoms with Gasteiger partial charge in [0, 0.05) is 24.1 Å². The maximum absolute atomic E-state index is 12.5. The van der Waals surface area contributed by atoms with Crippen molar-refractivity contribution in [1.29, 1.82) is 0 Å². The van der Waals surface area contributed by atoms with E-state index in [1.807, 2.05) is 30.0 Å². The predicted octanol–water partition coefficient (Wildman–Crippen LogP) is 2.54. The zero-order chi connectivity index (χ0) is 18.1. The molecular weight excluding hydrogens is 368 g/mol. The van der Waals surface area contributed by atoms with Crippen molar-refractivity contribution in [2.75, 3.05) is 17.2 Å². The average molecular weight is 387 g/mol. The van der Waals surface area contributed by atoms with Gasteiger partial charge in [-0.15, -0.1) is 11.8 Å². The van der Waals surface area contributed by atoms with Crippen molar-refractivity contribution >= 4 is 39.7 Å². The molecule has 2 aromatic heterocycles. The summed E-state index contributed by atoms with van der Waals surface area (Å²) < 4.78 is 1.35. The Kier molecular flexibility index (Phi) is 4.78. The summed E-state index contributed by atoms with van der Waals surface area (Å²) in [5.41, 5.74) is 2.78. The number of hydrogen-bond acceptors (Lipinski definition) is 6. The van der Waals surface area contributed by atoms with Crippen LogP contribution in [0.3, 0.4) is 0 Å². The number of benzene rings is 1. The minimum atomic E-state index is -0.165. The molecule has 0 saturated heterocycles. The maximum atomic E-state index is 12.5. The predicted molar refractivity (Wildman–Crippen MR) is 105 cm³/mol. The van der Waals surface area contributed by atoms with Crippen molar-refractivity contribution in [2.24, 2.45) is 0 Å². The largest absolute Gasteiger partial charge is 0.311 e. The highest BCUT2D eigenvalue weighted by Crippen LogP contribution is 2.28. The fourth-order valence-electron chi connectivity index (χ4n) is 3.03. The molecular formula is C18H18N4O2S2. The second-order valence-corrected chi connectivity index (χ2v) is 8.07. The zero-order valence-corrected chi connectivity index (χ0v) is 16.0. The number of aryl methyl sites for hydroxylation is 1. The summed E-state index contributed by atoms with van der Waals surface area (Å²) in [6.45, 7) is 2.74. The average Bonchev–Trinajstić information content (AvgIpc) is 3.25. The molecule has 0 atom stereocenters. The Bertz CT molecular complexity index is 1030. The second kappa shape index (κ2) is 7.20. The van der Waals surface area contributed by atoms with E-state index in [4.69, 9.17) is 0 Å². The van der Waals surface area contributed by atoms with Gasteiger partial charge < -0.3 is 4.90 Å². The Hall–Kier alpha value is -2.19. The minimum absolute atomic E-state index is 0.101. The van der Waals surface area contributed by atoms with Crippen LogP contribution in [0.5, 0.6) is 0 Å². The summed E-state index contributed by atoms with van der Waals surface area (Å²) in [4.78, 5) is 31.7. The molecule has 6 nitrogen and oxygen atoms in total. The first-order chi connectivity index (χ1) is 12.7. The first-order valence-corrected chi connectivity index (χ1v) is 10.5. The number of hydrogen-bond donors (Lipinski definition) is 0. The Morgan fingerprint density at radius 2 is 2.19 bits per heavy atom. The van der Waals surface area contributed by atoms with Gasteiger partial charge >= 0.3 is 0 Å². The van der Waals surface area contributed by atoms with Crippen LogP contribution in [0.25, 0.3) is 4.96 Å². The summed E-state index contributed by atoms with van der Waals surface area (Å²) in [5, 5.41) is 5.14. The number of rotatable bonds is 5. The molecule has 0 unspecified atom stereocenters. The smallest absolute Gasteiger partial charge is 0.275 e. The highest BCUT2D eigenvalue weighted by atomic mass is 32.2. The van der Waals surface area contributed by atoms with Crippen molar-refractivity contribution in [3.63, 3.8) is 0 Å². The fraction of sp³-hybridized carbons (Fsp3) is 0.333. The Balaban J connectivity index is 1.41. The van der Waals surface area contributed by atoms with E-state index in [9.17, 15) is 9.59 Å². The minimum Gasteiger partial charge on any atom is -0.311 e. The molecule has 0 radical (unpaired) electrons. The summed E-state index contributed by atoms with van der Waals surface area (Å²) >= 11 is 2.92. The van der Waals surface area contributed by atoms with Crippen LogP contribution in [0.1, 0.15) is 23.2 Å². The van der Waals surface area contributed by atoms with Crippen molar-refractivity contribution in [3.05, 3.63) is 57.0 Å². The van der Waals surface area contributed by atoms with Gasteiger partial charge in [0.25, 0.3) is 5.56 Å². The summed E-state index contributed by atoms with van der Waals surface area (Å²) in [6.07, 6.45) is 1.69. The summed E-state index contributed by atoms with van der Waals surface area (Å²) in [6, 6.07) is 9.54. The molecule has 134 valence electrons. The first kappa shape index (κ1) is 17.2.